The van der Waals surface area contributed by atoms with Crippen molar-refractivity contribution >= 4 is 5.91 Å². The topological polar surface area (TPSA) is 58.8 Å². The zero-order chi connectivity index (χ0) is 14.4. The lowest BCUT2D eigenvalue weighted by molar-refractivity contribution is -0.134. The fraction of sp³-hybridized carbons (Fsp3) is 0.929. The smallest absolute Gasteiger partial charge is 0.239 e. The third kappa shape index (κ3) is 4.75. The average Bonchev–Trinajstić information content (AvgIpc) is 2.43. The number of likely N-dealkylation sites (N-methyl/N-ethyl adjacent to an activating group) is 1. The summed E-state index contributed by atoms with van der Waals surface area (Å²) in [6, 6.07) is 0.482. The minimum absolute atomic E-state index is 0.0417. The molecular weight excluding hydrogens is 242 g/mol. The third-order valence-electron chi connectivity index (χ3n) is 4.07. The first kappa shape index (κ1) is 16.4. The summed E-state index contributed by atoms with van der Waals surface area (Å²) < 4.78 is 4.97. The maximum absolute atomic E-state index is 12.2. The van der Waals surface area contributed by atoms with Gasteiger partial charge in [-0.25, -0.2) is 0 Å². The van der Waals surface area contributed by atoms with E-state index in [0.717, 1.165) is 25.9 Å². The van der Waals surface area contributed by atoms with E-state index >= 15 is 0 Å². The minimum Gasteiger partial charge on any atom is -0.385 e. The number of likely N-dealkylation sites (tertiary alicyclic amines) is 1. The molecule has 0 aromatic heterocycles. The first-order chi connectivity index (χ1) is 8.97. The Bertz CT molecular complexity index is 276. The lowest BCUT2D eigenvalue weighted by Crippen LogP contribution is -2.51. The van der Waals surface area contributed by atoms with Gasteiger partial charge in [-0.1, -0.05) is 0 Å². The van der Waals surface area contributed by atoms with Gasteiger partial charge >= 0.3 is 0 Å². The van der Waals surface area contributed by atoms with E-state index in [4.69, 9.17) is 10.5 Å². The van der Waals surface area contributed by atoms with Gasteiger partial charge in [0.15, 0.2) is 0 Å². The Labute approximate surface area is 117 Å². The first-order valence-corrected chi connectivity index (χ1v) is 7.22. The molecule has 1 aliphatic heterocycles. The molecule has 112 valence electrons. The number of rotatable bonds is 6. The largest absolute Gasteiger partial charge is 0.385 e. The Morgan fingerprint density at radius 1 is 1.42 bits per heavy atom. The van der Waals surface area contributed by atoms with Gasteiger partial charge in [0.2, 0.25) is 5.91 Å². The van der Waals surface area contributed by atoms with E-state index < -0.39 is 6.04 Å². The van der Waals surface area contributed by atoms with Crippen LogP contribution in [0.5, 0.6) is 0 Å². The van der Waals surface area contributed by atoms with Crippen molar-refractivity contribution in [2.75, 3.05) is 33.9 Å². The standard InChI is InChI=1S/C14H29N3O2/c1-11(2)17-8-5-12(6-9-17)16(3)14(18)13(15)7-10-19-4/h11-13H,5-10,15H2,1-4H3. The zero-order valence-electron chi connectivity index (χ0n) is 12.8. The maximum atomic E-state index is 12.2. The number of nitrogens with two attached hydrogens (primary N) is 1. The second-order valence-electron chi connectivity index (χ2n) is 5.70. The molecule has 1 fully saturated rings. The molecule has 5 nitrogen and oxygen atoms in total. The number of ether oxygens (including phenoxy) is 1. The van der Waals surface area contributed by atoms with Gasteiger partial charge in [-0.15, -0.1) is 0 Å². The summed E-state index contributed by atoms with van der Waals surface area (Å²) in [5.74, 6) is 0.0417. The number of hydrogen-bond donors (Lipinski definition) is 1. The molecule has 0 aromatic rings. The Kier molecular flexibility index (Phi) is 6.75. The molecule has 2 N–H and O–H groups in total. The zero-order valence-corrected chi connectivity index (χ0v) is 12.8. The lowest BCUT2D eigenvalue weighted by atomic mass is 10.0. The van der Waals surface area contributed by atoms with Crippen molar-refractivity contribution in [2.24, 2.45) is 5.73 Å². The Hall–Kier alpha value is -0.650. The summed E-state index contributed by atoms with van der Waals surface area (Å²) in [4.78, 5) is 16.5. The molecule has 1 saturated heterocycles. The van der Waals surface area contributed by atoms with Crippen LogP contribution in [0.25, 0.3) is 0 Å². The number of hydrogen-bond acceptors (Lipinski definition) is 4. The number of methoxy groups -OCH3 is 1. The highest BCUT2D eigenvalue weighted by atomic mass is 16.5. The highest BCUT2D eigenvalue weighted by Crippen LogP contribution is 2.18. The van der Waals surface area contributed by atoms with Crippen molar-refractivity contribution in [3.05, 3.63) is 0 Å². The maximum Gasteiger partial charge on any atom is 0.239 e. The quantitative estimate of drug-likeness (QED) is 0.772. The molecule has 0 spiro atoms. The van der Waals surface area contributed by atoms with Gasteiger partial charge in [0.1, 0.15) is 0 Å². The number of amides is 1. The highest BCUT2D eigenvalue weighted by Gasteiger charge is 2.28. The van der Waals surface area contributed by atoms with Gasteiger partial charge in [0.05, 0.1) is 6.04 Å². The van der Waals surface area contributed by atoms with Crippen molar-refractivity contribution < 1.29 is 9.53 Å². The Morgan fingerprint density at radius 3 is 2.47 bits per heavy atom. The second kappa shape index (κ2) is 7.82. The van der Waals surface area contributed by atoms with Gasteiger partial charge < -0.3 is 20.3 Å². The molecular formula is C14H29N3O2. The third-order valence-corrected chi connectivity index (χ3v) is 4.07. The number of nitrogens with zero attached hydrogens (tertiary/aromatic N) is 2. The van der Waals surface area contributed by atoms with Gasteiger partial charge in [0, 0.05) is 45.9 Å². The summed E-state index contributed by atoms with van der Waals surface area (Å²) in [6.07, 6.45) is 2.67. The molecule has 19 heavy (non-hydrogen) atoms. The molecule has 0 bridgehead atoms. The van der Waals surface area contributed by atoms with Crippen LogP contribution in [0.3, 0.4) is 0 Å². The summed E-state index contributed by atoms with van der Waals surface area (Å²) in [6.45, 7) is 7.10. The van der Waals surface area contributed by atoms with Gasteiger partial charge in [-0.3, -0.25) is 4.79 Å². The number of carbonyl (C=O) groups excluding carboxylic acids is 1. The van der Waals surface area contributed by atoms with Crippen LogP contribution < -0.4 is 5.73 Å². The van der Waals surface area contributed by atoms with Crippen LogP contribution in [0, 0.1) is 0 Å². The van der Waals surface area contributed by atoms with Crippen molar-refractivity contribution in [3.63, 3.8) is 0 Å². The van der Waals surface area contributed by atoms with Crippen LogP contribution in [0.1, 0.15) is 33.1 Å². The van der Waals surface area contributed by atoms with Crippen molar-refractivity contribution in [3.8, 4) is 0 Å². The van der Waals surface area contributed by atoms with E-state index in [9.17, 15) is 4.79 Å². The molecule has 0 aliphatic carbocycles. The summed E-state index contributed by atoms with van der Waals surface area (Å²) in [5, 5.41) is 0. The van der Waals surface area contributed by atoms with Gasteiger partial charge in [-0.2, -0.15) is 0 Å². The normalized spacial score (nSPS) is 19.7. The van der Waals surface area contributed by atoms with E-state index in [1.54, 1.807) is 7.11 Å². The second-order valence-corrected chi connectivity index (χ2v) is 5.70. The molecule has 1 aliphatic rings. The Balaban J connectivity index is 2.41. The van der Waals surface area contributed by atoms with E-state index in [1.807, 2.05) is 11.9 Å². The van der Waals surface area contributed by atoms with Crippen LogP contribution in [0.2, 0.25) is 0 Å². The van der Waals surface area contributed by atoms with Crippen LogP contribution in [0.4, 0.5) is 0 Å². The van der Waals surface area contributed by atoms with E-state index in [0.29, 0.717) is 25.1 Å². The molecule has 5 heteroatoms. The lowest BCUT2D eigenvalue weighted by Gasteiger charge is -2.39. The number of carbonyl (C=O) groups is 1. The predicted octanol–water partition coefficient (Wildman–Crippen LogP) is 0.681. The molecule has 0 aromatic carbocycles. The highest BCUT2D eigenvalue weighted by molar-refractivity contribution is 5.81. The predicted molar refractivity (Wildman–Crippen MR) is 77.0 cm³/mol. The molecule has 1 rings (SSSR count). The fourth-order valence-corrected chi connectivity index (χ4v) is 2.60. The van der Waals surface area contributed by atoms with Crippen LogP contribution in [-0.2, 0) is 9.53 Å². The van der Waals surface area contributed by atoms with E-state index in [1.165, 1.54) is 0 Å². The summed E-state index contributed by atoms with van der Waals surface area (Å²) in [7, 11) is 3.51. The molecule has 1 atom stereocenters. The minimum atomic E-state index is -0.437. The SMILES string of the molecule is COCCC(N)C(=O)N(C)C1CCN(C(C)C)CC1. The van der Waals surface area contributed by atoms with Crippen molar-refractivity contribution in [2.45, 2.75) is 51.2 Å². The van der Waals surface area contributed by atoms with E-state index in [-0.39, 0.29) is 5.91 Å². The molecule has 0 saturated carbocycles. The van der Waals surface area contributed by atoms with Crippen LogP contribution in [0.15, 0.2) is 0 Å². The van der Waals surface area contributed by atoms with Crippen LogP contribution in [-0.4, -0.2) is 67.7 Å². The first-order valence-electron chi connectivity index (χ1n) is 7.22. The van der Waals surface area contributed by atoms with Crippen molar-refractivity contribution in [1.82, 2.24) is 9.80 Å². The molecule has 1 heterocycles. The monoisotopic (exact) mass is 271 g/mol. The molecule has 1 amide bonds. The molecule has 0 radical (unpaired) electrons. The van der Waals surface area contributed by atoms with Gasteiger partial charge in [-0.05, 0) is 33.1 Å². The Morgan fingerprint density at radius 2 is 2.00 bits per heavy atom. The fourth-order valence-electron chi connectivity index (χ4n) is 2.60. The summed E-state index contributed by atoms with van der Waals surface area (Å²) >= 11 is 0. The number of piperidine rings is 1. The van der Waals surface area contributed by atoms with Gasteiger partial charge in [0.25, 0.3) is 0 Å². The van der Waals surface area contributed by atoms with E-state index in [2.05, 4.69) is 18.7 Å². The summed E-state index contributed by atoms with van der Waals surface area (Å²) in [5.41, 5.74) is 5.90. The average molecular weight is 271 g/mol. The van der Waals surface area contributed by atoms with Crippen LogP contribution >= 0.6 is 0 Å². The molecule has 1 unspecified atom stereocenters. The van der Waals surface area contributed by atoms with Crippen molar-refractivity contribution in [1.29, 1.82) is 0 Å².